The van der Waals surface area contributed by atoms with E-state index in [1.807, 2.05) is 18.2 Å². The molecule has 1 heterocycles. The van der Waals surface area contributed by atoms with E-state index in [1.165, 1.54) is 16.7 Å². The lowest BCUT2D eigenvalue weighted by Gasteiger charge is -2.03. The minimum atomic E-state index is 0.887. The molecule has 0 fully saturated rings. The van der Waals surface area contributed by atoms with Gasteiger partial charge in [0.25, 0.3) is 0 Å². The first-order valence-electron chi connectivity index (χ1n) is 6.69. The number of methoxy groups -OCH3 is 1. The van der Waals surface area contributed by atoms with Gasteiger partial charge in [-0.25, -0.2) is 0 Å². The summed E-state index contributed by atoms with van der Waals surface area (Å²) in [4.78, 5) is 0. The van der Waals surface area contributed by atoms with Crippen molar-refractivity contribution in [2.24, 2.45) is 0 Å². The Bertz CT molecular complexity index is 668. The Balaban J connectivity index is 1.79. The van der Waals surface area contributed by atoms with Gasteiger partial charge in [0.1, 0.15) is 5.75 Å². The summed E-state index contributed by atoms with van der Waals surface area (Å²) in [5.74, 6) is 0.887. The van der Waals surface area contributed by atoms with E-state index < -0.39 is 0 Å². The second kappa shape index (κ2) is 5.66. The highest BCUT2D eigenvalue weighted by Crippen LogP contribution is 2.22. The SMILES string of the molecule is COc1ccc(-c2ccn(Cc3ccccc3)c2)cc1. The Morgan fingerprint density at radius 3 is 2.30 bits per heavy atom. The quantitative estimate of drug-likeness (QED) is 0.687. The third kappa shape index (κ3) is 2.75. The van der Waals surface area contributed by atoms with Gasteiger partial charge >= 0.3 is 0 Å². The molecular formula is C18H17NO. The van der Waals surface area contributed by atoms with Gasteiger partial charge in [-0.15, -0.1) is 0 Å². The lowest BCUT2D eigenvalue weighted by atomic mass is 10.1. The summed E-state index contributed by atoms with van der Waals surface area (Å²) in [6.07, 6.45) is 4.29. The molecule has 2 heteroatoms. The lowest BCUT2D eigenvalue weighted by molar-refractivity contribution is 0.415. The first-order chi connectivity index (χ1) is 9.85. The molecule has 0 amide bonds. The van der Waals surface area contributed by atoms with Crippen LogP contribution in [0.2, 0.25) is 0 Å². The Morgan fingerprint density at radius 1 is 0.850 bits per heavy atom. The zero-order valence-electron chi connectivity index (χ0n) is 11.5. The second-order valence-corrected chi connectivity index (χ2v) is 4.79. The molecule has 2 nitrogen and oxygen atoms in total. The highest BCUT2D eigenvalue weighted by atomic mass is 16.5. The molecule has 0 atom stereocenters. The molecule has 20 heavy (non-hydrogen) atoms. The Hall–Kier alpha value is -2.48. The van der Waals surface area contributed by atoms with Crippen molar-refractivity contribution in [2.75, 3.05) is 7.11 Å². The molecule has 0 radical (unpaired) electrons. The first-order valence-corrected chi connectivity index (χ1v) is 6.69. The Kier molecular flexibility index (Phi) is 3.55. The van der Waals surface area contributed by atoms with Gasteiger partial charge in [0.15, 0.2) is 0 Å². The fourth-order valence-electron chi connectivity index (χ4n) is 2.29. The van der Waals surface area contributed by atoms with Crippen molar-refractivity contribution in [1.82, 2.24) is 4.57 Å². The van der Waals surface area contributed by atoms with E-state index in [-0.39, 0.29) is 0 Å². The number of nitrogens with zero attached hydrogens (tertiary/aromatic N) is 1. The van der Waals surface area contributed by atoms with Crippen molar-refractivity contribution in [1.29, 1.82) is 0 Å². The topological polar surface area (TPSA) is 14.2 Å². The summed E-state index contributed by atoms with van der Waals surface area (Å²) in [5.41, 5.74) is 3.74. The van der Waals surface area contributed by atoms with E-state index in [0.29, 0.717) is 0 Å². The number of aromatic nitrogens is 1. The number of benzene rings is 2. The summed E-state index contributed by atoms with van der Waals surface area (Å²) in [5, 5.41) is 0. The van der Waals surface area contributed by atoms with E-state index in [2.05, 4.69) is 59.4 Å². The molecule has 3 rings (SSSR count). The molecule has 0 unspecified atom stereocenters. The molecule has 0 aliphatic rings. The molecule has 1 aromatic heterocycles. The molecule has 0 aliphatic heterocycles. The lowest BCUT2D eigenvalue weighted by Crippen LogP contribution is -1.95. The van der Waals surface area contributed by atoms with Gasteiger partial charge in [-0.1, -0.05) is 42.5 Å². The highest BCUT2D eigenvalue weighted by molar-refractivity contribution is 5.63. The molecule has 100 valence electrons. The number of hydrogen-bond donors (Lipinski definition) is 0. The fourth-order valence-corrected chi connectivity index (χ4v) is 2.29. The standard InChI is InChI=1S/C18H17NO/c1-20-18-9-7-16(8-10-18)17-11-12-19(14-17)13-15-5-3-2-4-6-15/h2-12,14H,13H2,1H3. The molecule has 0 saturated carbocycles. The molecule has 3 aromatic rings. The molecule has 0 N–H and O–H groups in total. The van der Waals surface area contributed by atoms with Crippen LogP contribution >= 0.6 is 0 Å². The average molecular weight is 263 g/mol. The van der Waals surface area contributed by atoms with E-state index >= 15 is 0 Å². The molecular weight excluding hydrogens is 246 g/mol. The van der Waals surface area contributed by atoms with Crippen LogP contribution in [0.5, 0.6) is 5.75 Å². The number of ether oxygens (including phenoxy) is 1. The maximum Gasteiger partial charge on any atom is 0.118 e. The summed E-state index contributed by atoms with van der Waals surface area (Å²) < 4.78 is 7.39. The molecule has 0 aliphatic carbocycles. The minimum Gasteiger partial charge on any atom is -0.497 e. The van der Waals surface area contributed by atoms with Crippen molar-refractivity contribution >= 4 is 0 Å². The predicted octanol–water partition coefficient (Wildman–Crippen LogP) is 4.21. The molecule has 0 bridgehead atoms. The fraction of sp³-hybridized carbons (Fsp3) is 0.111. The first kappa shape index (κ1) is 12.5. The second-order valence-electron chi connectivity index (χ2n) is 4.79. The maximum absolute atomic E-state index is 5.18. The molecule has 2 aromatic carbocycles. The van der Waals surface area contributed by atoms with Crippen LogP contribution in [0.1, 0.15) is 5.56 Å². The van der Waals surface area contributed by atoms with Crippen molar-refractivity contribution in [3.63, 3.8) is 0 Å². The Labute approximate surface area is 119 Å². The number of rotatable bonds is 4. The smallest absolute Gasteiger partial charge is 0.118 e. The van der Waals surface area contributed by atoms with E-state index in [1.54, 1.807) is 7.11 Å². The average Bonchev–Trinajstić information content (AvgIpc) is 2.97. The van der Waals surface area contributed by atoms with E-state index in [0.717, 1.165) is 12.3 Å². The minimum absolute atomic E-state index is 0.887. The molecule has 0 spiro atoms. The zero-order valence-corrected chi connectivity index (χ0v) is 11.5. The van der Waals surface area contributed by atoms with E-state index in [9.17, 15) is 0 Å². The third-order valence-corrected chi connectivity index (χ3v) is 3.38. The van der Waals surface area contributed by atoms with Crippen LogP contribution in [0.3, 0.4) is 0 Å². The number of hydrogen-bond acceptors (Lipinski definition) is 1. The van der Waals surface area contributed by atoms with Gasteiger partial charge in [-0.3, -0.25) is 0 Å². The van der Waals surface area contributed by atoms with Crippen molar-refractivity contribution in [3.05, 3.63) is 78.6 Å². The Morgan fingerprint density at radius 2 is 1.60 bits per heavy atom. The van der Waals surface area contributed by atoms with Crippen LogP contribution in [-0.2, 0) is 6.54 Å². The van der Waals surface area contributed by atoms with Crippen molar-refractivity contribution in [2.45, 2.75) is 6.54 Å². The predicted molar refractivity (Wildman–Crippen MR) is 82.0 cm³/mol. The van der Waals surface area contributed by atoms with Crippen LogP contribution in [0.4, 0.5) is 0 Å². The molecule has 0 saturated heterocycles. The third-order valence-electron chi connectivity index (χ3n) is 3.38. The van der Waals surface area contributed by atoms with Gasteiger partial charge in [0.2, 0.25) is 0 Å². The largest absolute Gasteiger partial charge is 0.497 e. The summed E-state index contributed by atoms with van der Waals surface area (Å²) in [6.45, 7) is 0.900. The monoisotopic (exact) mass is 263 g/mol. The van der Waals surface area contributed by atoms with Crippen LogP contribution in [0, 0.1) is 0 Å². The van der Waals surface area contributed by atoms with Crippen LogP contribution in [-0.4, -0.2) is 11.7 Å². The van der Waals surface area contributed by atoms with Crippen molar-refractivity contribution in [3.8, 4) is 16.9 Å². The van der Waals surface area contributed by atoms with Crippen LogP contribution < -0.4 is 4.74 Å². The maximum atomic E-state index is 5.18. The van der Waals surface area contributed by atoms with Gasteiger partial charge in [-0.05, 0) is 34.9 Å². The summed E-state index contributed by atoms with van der Waals surface area (Å²) in [7, 11) is 1.69. The highest BCUT2D eigenvalue weighted by Gasteiger charge is 2.01. The van der Waals surface area contributed by atoms with Gasteiger partial charge in [-0.2, -0.15) is 0 Å². The summed E-state index contributed by atoms with van der Waals surface area (Å²) >= 11 is 0. The van der Waals surface area contributed by atoms with Gasteiger partial charge in [0, 0.05) is 18.9 Å². The van der Waals surface area contributed by atoms with Gasteiger partial charge in [0.05, 0.1) is 7.11 Å². The van der Waals surface area contributed by atoms with Gasteiger partial charge < -0.3 is 9.30 Å². The summed E-state index contributed by atoms with van der Waals surface area (Å²) in [6, 6.07) is 20.8. The van der Waals surface area contributed by atoms with Crippen molar-refractivity contribution < 1.29 is 4.74 Å². The van der Waals surface area contributed by atoms with Crippen LogP contribution in [0.25, 0.3) is 11.1 Å². The zero-order chi connectivity index (χ0) is 13.8. The normalized spacial score (nSPS) is 10.4. The van der Waals surface area contributed by atoms with E-state index in [4.69, 9.17) is 4.74 Å². The van der Waals surface area contributed by atoms with Crippen LogP contribution in [0.15, 0.2) is 73.1 Å².